The molecule has 0 bridgehead atoms. The van der Waals surface area contributed by atoms with Crippen LogP contribution in [0.4, 0.5) is 20.6 Å². The molecule has 12 heteroatoms. The topological polar surface area (TPSA) is 97.4 Å². The molecule has 1 atom stereocenters. The summed E-state index contributed by atoms with van der Waals surface area (Å²) in [6, 6.07) is 6.46. The van der Waals surface area contributed by atoms with Gasteiger partial charge in [-0.15, -0.1) is 11.3 Å². The average molecular weight is 484 g/mol. The number of nitrogens with one attached hydrogen (secondary N) is 1. The Morgan fingerprint density at radius 3 is 2.72 bits per heavy atom. The number of hydrogen-bond donors (Lipinski definition) is 1. The fourth-order valence-corrected chi connectivity index (χ4v) is 4.49. The molecule has 9 nitrogen and oxygen atoms in total. The SMILES string of the molecule is CNC(=O)c1sc(Cl)cc1F.O=C1COCCN1c1ccc2c(c1)OCC1COC(=O)N21. The zero-order valence-corrected chi connectivity index (χ0v) is 18.5. The minimum atomic E-state index is -0.570. The fourth-order valence-electron chi connectivity index (χ4n) is 3.45. The molecule has 1 aromatic carbocycles. The van der Waals surface area contributed by atoms with Crippen LogP contribution in [0.3, 0.4) is 0 Å². The Morgan fingerprint density at radius 1 is 1.25 bits per heavy atom. The number of halogens is 2. The largest absolute Gasteiger partial charge is 0.489 e. The van der Waals surface area contributed by atoms with Gasteiger partial charge < -0.3 is 24.4 Å². The average Bonchev–Trinajstić information content (AvgIpc) is 3.35. The number of anilines is 2. The molecule has 32 heavy (non-hydrogen) atoms. The summed E-state index contributed by atoms with van der Waals surface area (Å²) < 4.78 is 28.9. The zero-order chi connectivity index (χ0) is 22.8. The van der Waals surface area contributed by atoms with Crippen LogP contribution in [-0.4, -0.2) is 64.0 Å². The lowest BCUT2D eigenvalue weighted by molar-refractivity contribution is -0.125. The molecule has 3 aliphatic rings. The second-order valence-corrected chi connectivity index (χ2v) is 8.65. The van der Waals surface area contributed by atoms with Crippen LogP contribution in [0, 0.1) is 5.82 Å². The van der Waals surface area contributed by atoms with Gasteiger partial charge in [0.25, 0.3) is 11.8 Å². The van der Waals surface area contributed by atoms with Crippen molar-refractivity contribution in [3.8, 4) is 5.75 Å². The number of carbonyl (C=O) groups is 3. The van der Waals surface area contributed by atoms with Crippen LogP contribution in [0.25, 0.3) is 0 Å². The lowest BCUT2D eigenvalue weighted by Gasteiger charge is -2.31. The first-order chi connectivity index (χ1) is 15.4. The number of carbonyl (C=O) groups excluding carboxylic acids is 3. The summed E-state index contributed by atoms with van der Waals surface area (Å²) in [7, 11) is 1.44. The van der Waals surface area contributed by atoms with Crippen molar-refractivity contribution in [2.75, 3.05) is 49.8 Å². The molecule has 0 spiro atoms. The number of benzene rings is 1. The highest BCUT2D eigenvalue weighted by Crippen LogP contribution is 2.39. The van der Waals surface area contributed by atoms with Crippen molar-refractivity contribution in [3.05, 3.63) is 39.3 Å². The number of thiophene rings is 1. The van der Waals surface area contributed by atoms with Crippen LogP contribution < -0.4 is 19.9 Å². The Balaban J connectivity index is 0.000000189. The molecule has 1 N–H and O–H groups in total. The standard InChI is InChI=1S/C14H14N2O5.C6H5ClFNOS/c17-13-8-19-4-3-15(13)9-1-2-11-12(5-9)20-6-10-7-21-14(18)16(10)11;1-9-6(10)5-3(8)2-4(7)11-5/h1-2,5,10H,3-4,6-8H2;2H,1H3,(H,9,10). The Bertz CT molecular complexity index is 1060. The molecule has 0 aliphatic carbocycles. The molecule has 5 rings (SSSR count). The summed E-state index contributed by atoms with van der Waals surface area (Å²) in [4.78, 5) is 37.8. The van der Waals surface area contributed by atoms with Crippen molar-refractivity contribution in [2.24, 2.45) is 0 Å². The molecule has 1 aromatic heterocycles. The maximum absolute atomic E-state index is 12.7. The molecule has 2 saturated heterocycles. The predicted octanol–water partition coefficient (Wildman–Crippen LogP) is 2.67. The summed E-state index contributed by atoms with van der Waals surface area (Å²) in [6.07, 6.45) is -0.347. The van der Waals surface area contributed by atoms with E-state index in [1.165, 1.54) is 7.05 Å². The summed E-state index contributed by atoms with van der Waals surface area (Å²) in [5, 5.41) is 2.31. The third-order valence-corrected chi connectivity index (χ3v) is 6.22. The lowest BCUT2D eigenvalue weighted by atomic mass is 10.1. The summed E-state index contributed by atoms with van der Waals surface area (Å²) >= 11 is 6.39. The Labute approximate surface area is 191 Å². The van der Waals surface area contributed by atoms with Gasteiger partial charge in [-0.05, 0) is 12.1 Å². The minimum absolute atomic E-state index is 0.0255. The number of amides is 3. The number of hydrogen-bond acceptors (Lipinski definition) is 7. The molecular formula is C20H19ClFN3O6S. The summed E-state index contributed by atoms with van der Waals surface area (Å²) in [6.45, 7) is 1.88. The van der Waals surface area contributed by atoms with E-state index >= 15 is 0 Å². The highest BCUT2D eigenvalue weighted by Gasteiger charge is 2.39. The number of nitrogens with zero attached hydrogens (tertiary/aromatic N) is 2. The van der Waals surface area contributed by atoms with Crippen LogP contribution in [0.2, 0.25) is 4.34 Å². The number of rotatable bonds is 2. The monoisotopic (exact) mass is 483 g/mol. The number of morpholine rings is 1. The second-order valence-electron chi connectivity index (χ2n) is 6.97. The van der Waals surface area contributed by atoms with Gasteiger partial charge in [-0.2, -0.15) is 0 Å². The zero-order valence-electron chi connectivity index (χ0n) is 16.9. The van der Waals surface area contributed by atoms with Crippen molar-refractivity contribution in [3.63, 3.8) is 0 Å². The van der Waals surface area contributed by atoms with Gasteiger partial charge in [0, 0.05) is 31.4 Å². The Morgan fingerprint density at radius 2 is 2.03 bits per heavy atom. The van der Waals surface area contributed by atoms with Crippen LogP contribution in [0.1, 0.15) is 9.67 Å². The summed E-state index contributed by atoms with van der Waals surface area (Å²) in [5.74, 6) is -0.490. The van der Waals surface area contributed by atoms with Gasteiger partial charge in [0.1, 0.15) is 42.3 Å². The first-order valence-corrected chi connectivity index (χ1v) is 10.9. The first-order valence-electron chi connectivity index (χ1n) is 9.67. The van der Waals surface area contributed by atoms with Crippen LogP contribution >= 0.6 is 22.9 Å². The molecule has 3 aliphatic heterocycles. The van der Waals surface area contributed by atoms with Gasteiger partial charge in [-0.3, -0.25) is 14.5 Å². The van der Waals surface area contributed by atoms with Gasteiger partial charge >= 0.3 is 6.09 Å². The highest BCUT2D eigenvalue weighted by atomic mass is 35.5. The maximum atomic E-state index is 12.7. The van der Waals surface area contributed by atoms with Gasteiger partial charge in [0.05, 0.1) is 16.6 Å². The van der Waals surface area contributed by atoms with E-state index in [0.29, 0.717) is 37.8 Å². The molecule has 0 radical (unpaired) electrons. The molecule has 170 valence electrons. The normalized spacial score (nSPS) is 19.3. The van der Waals surface area contributed by atoms with E-state index < -0.39 is 11.7 Å². The van der Waals surface area contributed by atoms with Crippen molar-refractivity contribution >= 4 is 52.2 Å². The maximum Gasteiger partial charge on any atom is 0.414 e. The molecule has 1 unspecified atom stereocenters. The van der Waals surface area contributed by atoms with E-state index in [1.54, 1.807) is 21.9 Å². The predicted molar refractivity (Wildman–Crippen MR) is 115 cm³/mol. The van der Waals surface area contributed by atoms with Crippen molar-refractivity contribution < 1.29 is 33.0 Å². The molecular weight excluding hydrogens is 465 g/mol. The third kappa shape index (κ3) is 4.36. The molecule has 3 amide bonds. The Hall–Kier alpha value is -2.89. The van der Waals surface area contributed by atoms with E-state index in [0.717, 1.165) is 23.1 Å². The molecule has 0 saturated carbocycles. The molecule has 2 aromatic rings. The minimum Gasteiger partial charge on any atom is -0.489 e. The highest BCUT2D eigenvalue weighted by molar-refractivity contribution is 7.18. The van der Waals surface area contributed by atoms with Crippen molar-refractivity contribution in [1.29, 1.82) is 0 Å². The summed E-state index contributed by atoms with van der Waals surface area (Å²) in [5.41, 5.74) is 1.45. The Kier molecular flexibility index (Phi) is 6.49. The van der Waals surface area contributed by atoms with Crippen LogP contribution in [-0.2, 0) is 14.3 Å². The number of fused-ring (bicyclic) bond motifs is 3. The van der Waals surface area contributed by atoms with Gasteiger partial charge in [0.15, 0.2) is 0 Å². The quantitative estimate of drug-likeness (QED) is 0.705. The molecule has 4 heterocycles. The number of ether oxygens (including phenoxy) is 3. The van der Waals surface area contributed by atoms with E-state index in [-0.39, 0.29) is 33.9 Å². The van der Waals surface area contributed by atoms with E-state index in [2.05, 4.69) is 5.32 Å². The molecule has 2 fully saturated rings. The fraction of sp³-hybridized carbons (Fsp3) is 0.350. The third-order valence-electron chi connectivity index (χ3n) is 4.98. The number of cyclic esters (lactones) is 1. The van der Waals surface area contributed by atoms with E-state index in [9.17, 15) is 18.8 Å². The van der Waals surface area contributed by atoms with E-state index in [4.69, 9.17) is 25.8 Å². The van der Waals surface area contributed by atoms with Crippen molar-refractivity contribution in [2.45, 2.75) is 6.04 Å². The van der Waals surface area contributed by atoms with E-state index in [1.807, 2.05) is 6.07 Å². The smallest absolute Gasteiger partial charge is 0.414 e. The van der Waals surface area contributed by atoms with Crippen LogP contribution in [0.5, 0.6) is 5.75 Å². The van der Waals surface area contributed by atoms with Crippen LogP contribution in [0.15, 0.2) is 24.3 Å². The van der Waals surface area contributed by atoms with Gasteiger partial charge in [0.2, 0.25) is 0 Å². The first kappa shape index (κ1) is 22.3. The lowest BCUT2D eigenvalue weighted by Crippen LogP contribution is -2.43. The van der Waals surface area contributed by atoms with Gasteiger partial charge in [-0.1, -0.05) is 11.6 Å². The van der Waals surface area contributed by atoms with Crippen molar-refractivity contribution in [1.82, 2.24) is 5.32 Å². The second kappa shape index (κ2) is 9.31. The van der Waals surface area contributed by atoms with Gasteiger partial charge in [-0.25, -0.2) is 9.18 Å².